The van der Waals surface area contributed by atoms with Crippen LogP contribution in [0.3, 0.4) is 0 Å². The lowest BCUT2D eigenvalue weighted by atomic mass is 10.1. The Morgan fingerprint density at radius 2 is 2.15 bits per heavy atom. The summed E-state index contributed by atoms with van der Waals surface area (Å²) in [6, 6.07) is 2.95. The van der Waals surface area contributed by atoms with Gasteiger partial charge in [-0.1, -0.05) is 17.7 Å². The van der Waals surface area contributed by atoms with Crippen molar-refractivity contribution in [1.82, 2.24) is 4.90 Å². The number of amides is 1. The molecule has 7 heteroatoms. The predicted octanol–water partition coefficient (Wildman–Crippen LogP) is 1.62. The van der Waals surface area contributed by atoms with Gasteiger partial charge in [0.25, 0.3) is 5.78 Å². The van der Waals surface area contributed by atoms with Crippen LogP contribution in [-0.2, 0) is 20.9 Å². The Morgan fingerprint density at radius 1 is 1.45 bits per heavy atom. The van der Waals surface area contributed by atoms with E-state index >= 15 is 0 Å². The van der Waals surface area contributed by atoms with E-state index in [9.17, 15) is 18.8 Å². The molecule has 0 radical (unpaired) electrons. The number of benzene rings is 1. The van der Waals surface area contributed by atoms with E-state index in [4.69, 9.17) is 16.7 Å². The van der Waals surface area contributed by atoms with Crippen molar-refractivity contribution in [2.75, 3.05) is 0 Å². The molecule has 1 N–H and O–H groups in total. The third-order valence-corrected chi connectivity index (χ3v) is 3.43. The van der Waals surface area contributed by atoms with E-state index in [1.54, 1.807) is 0 Å². The molecule has 0 aromatic heterocycles. The Balaban J connectivity index is 2.23. The number of Topliss-reactive ketones (excluding diaryl/α,β-unsaturated/α-hetero) is 1. The van der Waals surface area contributed by atoms with Gasteiger partial charge in [0.1, 0.15) is 11.9 Å². The Labute approximate surface area is 118 Å². The maximum atomic E-state index is 13.7. The predicted molar refractivity (Wildman–Crippen MR) is 67.6 cm³/mol. The molecule has 1 aromatic rings. The van der Waals surface area contributed by atoms with Gasteiger partial charge in [0.2, 0.25) is 5.91 Å². The van der Waals surface area contributed by atoms with E-state index in [1.807, 2.05) is 0 Å². The number of nitrogens with zero attached hydrogens (tertiary/aromatic N) is 1. The van der Waals surface area contributed by atoms with Crippen LogP contribution < -0.4 is 0 Å². The van der Waals surface area contributed by atoms with Crippen molar-refractivity contribution < 1.29 is 23.9 Å². The summed E-state index contributed by atoms with van der Waals surface area (Å²) < 4.78 is 13.7. The molecule has 0 spiro atoms. The first kappa shape index (κ1) is 14.5. The molecule has 1 heterocycles. The van der Waals surface area contributed by atoms with Gasteiger partial charge >= 0.3 is 5.97 Å². The van der Waals surface area contributed by atoms with Crippen LogP contribution in [-0.4, -0.2) is 33.7 Å². The first-order valence-electron chi connectivity index (χ1n) is 5.90. The van der Waals surface area contributed by atoms with Crippen molar-refractivity contribution in [1.29, 1.82) is 0 Å². The molecule has 1 aliphatic rings. The van der Waals surface area contributed by atoms with Gasteiger partial charge in [-0.3, -0.25) is 9.59 Å². The lowest BCUT2D eigenvalue weighted by Crippen LogP contribution is -2.41. The molecular formula is C13H11ClFNO4. The molecule has 0 saturated carbocycles. The van der Waals surface area contributed by atoms with Crippen molar-refractivity contribution in [2.45, 2.75) is 25.4 Å². The second kappa shape index (κ2) is 5.58. The van der Waals surface area contributed by atoms with Crippen molar-refractivity contribution >= 4 is 29.3 Å². The molecule has 1 amide bonds. The number of carboxylic acids is 1. The highest BCUT2D eigenvalue weighted by Crippen LogP contribution is 2.24. The van der Waals surface area contributed by atoms with E-state index in [2.05, 4.69) is 0 Å². The number of carboxylic acid groups (broad SMARTS) is 1. The normalized spacial score (nSPS) is 18.4. The van der Waals surface area contributed by atoms with Crippen LogP contribution >= 0.6 is 11.6 Å². The monoisotopic (exact) mass is 299 g/mol. The van der Waals surface area contributed by atoms with Crippen LogP contribution in [0.2, 0.25) is 5.02 Å². The van der Waals surface area contributed by atoms with Crippen LogP contribution in [0, 0.1) is 5.82 Å². The van der Waals surface area contributed by atoms with E-state index in [1.165, 1.54) is 12.1 Å². The first-order chi connectivity index (χ1) is 9.40. The van der Waals surface area contributed by atoms with Crippen LogP contribution in [0.4, 0.5) is 4.39 Å². The van der Waals surface area contributed by atoms with Gasteiger partial charge in [0, 0.05) is 23.6 Å². The number of likely N-dealkylation sites (tertiary alicyclic amines) is 1. The Bertz CT molecular complexity index is 590. The maximum Gasteiger partial charge on any atom is 0.374 e. The first-order valence-corrected chi connectivity index (χ1v) is 6.28. The molecule has 1 fully saturated rings. The fraction of sp³-hybridized carbons (Fsp3) is 0.308. The second-order valence-electron chi connectivity index (χ2n) is 4.48. The van der Waals surface area contributed by atoms with Crippen LogP contribution in [0.5, 0.6) is 0 Å². The molecule has 106 valence electrons. The highest BCUT2D eigenvalue weighted by Gasteiger charge is 2.39. The molecule has 20 heavy (non-hydrogen) atoms. The third-order valence-electron chi connectivity index (χ3n) is 3.20. The summed E-state index contributed by atoms with van der Waals surface area (Å²) in [5.74, 6) is -3.60. The van der Waals surface area contributed by atoms with Gasteiger partial charge in [0.15, 0.2) is 0 Å². The topological polar surface area (TPSA) is 74.7 Å². The minimum Gasteiger partial charge on any atom is -0.475 e. The van der Waals surface area contributed by atoms with Gasteiger partial charge in [-0.15, -0.1) is 0 Å². The van der Waals surface area contributed by atoms with Gasteiger partial charge in [-0.2, -0.15) is 0 Å². The van der Waals surface area contributed by atoms with Gasteiger partial charge in [-0.05, 0) is 18.6 Å². The smallest absolute Gasteiger partial charge is 0.374 e. The average Bonchev–Trinajstić information content (AvgIpc) is 2.73. The summed E-state index contributed by atoms with van der Waals surface area (Å²) in [5.41, 5.74) is 0.188. The Kier molecular flexibility index (Phi) is 4.04. The standard InChI is InChI=1S/C13H11ClFNO4/c14-8-2-1-7(9(15)5-8)6-16-10(3-4-11(16)17)12(18)13(19)20/h1-2,5,10H,3-4,6H2,(H,19,20). The molecule has 0 aliphatic carbocycles. The molecule has 5 nitrogen and oxygen atoms in total. The highest BCUT2D eigenvalue weighted by atomic mass is 35.5. The van der Waals surface area contributed by atoms with Crippen molar-refractivity contribution in [2.24, 2.45) is 0 Å². The maximum absolute atomic E-state index is 13.7. The zero-order chi connectivity index (χ0) is 14.9. The fourth-order valence-corrected chi connectivity index (χ4v) is 2.34. The minimum atomic E-state index is -1.59. The lowest BCUT2D eigenvalue weighted by molar-refractivity contribution is -0.152. The number of hydrogen-bond donors (Lipinski definition) is 1. The summed E-state index contributed by atoms with van der Waals surface area (Å²) >= 11 is 5.63. The Morgan fingerprint density at radius 3 is 2.75 bits per heavy atom. The summed E-state index contributed by atoms with van der Waals surface area (Å²) in [6.45, 7) is -0.147. The van der Waals surface area contributed by atoms with Crippen molar-refractivity contribution in [3.8, 4) is 0 Å². The van der Waals surface area contributed by atoms with Gasteiger partial charge in [-0.25, -0.2) is 9.18 Å². The zero-order valence-electron chi connectivity index (χ0n) is 10.3. The lowest BCUT2D eigenvalue weighted by Gasteiger charge is -2.22. The summed E-state index contributed by atoms with van der Waals surface area (Å²) in [5, 5.41) is 8.94. The van der Waals surface area contributed by atoms with Crippen LogP contribution in [0.15, 0.2) is 18.2 Å². The fourth-order valence-electron chi connectivity index (χ4n) is 2.18. The summed E-state index contributed by atoms with van der Waals surface area (Å²) in [7, 11) is 0. The number of halogens is 2. The molecule has 1 atom stereocenters. The second-order valence-corrected chi connectivity index (χ2v) is 4.92. The average molecular weight is 300 g/mol. The van der Waals surface area contributed by atoms with E-state index in [0.29, 0.717) is 0 Å². The van der Waals surface area contributed by atoms with Gasteiger partial charge < -0.3 is 10.0 Å². The Hall–Kier alpha value is -1.95. The van der Waals surface area contributed by atoms with Crippen LogP contribution in [0.1, 0.15) is 18.4 Å². The molecule has 0 bridgehead atoms. The van der Waals surface area contributed by atoms with E-state index < -0.39 is 23.6 Å². The summed E-state index contributed by atoms with van der Waals surface area (Å²) in [4.78, 5) is 35.1. The molecule has 1 aliphatic heterocycles. The number of ketones is 1. The highest BCUT2D eigenvalue weighted by molar-refractivity contribution is 6.35. The van der Waals surface area contributed by atoms with Gasteiger partial charge in [0.05, 0.1) is 0 Å². The molecule has 1 aromatic carbocycles. The van der Waals surface area contributed by atoms with Crippen molar-refractivity contribution in [3.63, 3.8) is 0 Å². The number of carbonyl (C=O) groups excluding carboxylic acids is 2. The molecular weight excluding hydrogens is 289 g/mol. The number of aliphatic carboxylic acids is 1. The third kappa shape index (κ3) is 2.80. The number of rotatable bonds is 4. The molecule has 2 rings (SSSR count). The van der Waals surface area contributed by atoms with E-state index in [0.717, 1.165) is 11.0 Å². The van der Waals surface area contributed by atoms with Crippen molar-refractivity contribution in [3.05, 3.63) is 34.6 Å². The zero-order valence-corrected chi connectivity index (χ0v) is 11.1. The SMILES string of the molecule is O=C(O)C(=O)C1CCC(=O)N1Cc1ccc(Cl)cc1F. The minimum absolute atomic E-state index is 0.0822. The number of hydrogen-bond acceptors (Lipinski definition) is 3. The van der Waals surface area contributed by atoms with E-state index in [-0.39, 0.29) is 35.9 Å². The number of carbonyl (C=O) groups is 3. The molecule has 1 unspecified atom stereocenters. The summed E-state index contributed by atoms with van der Waals surface area (Å²) in [6.07, 6.45) is 0.220. The molecule has 1 saturated heterocycles. The largest absolute Gasteiger partial charge is 0.475 e. The van der Waals surface area contributed by atoms with Crippen LogP contribution in [0.25, 0.3) is 0 Å². The quantitative estimate of drug-likeness (QED) is 0.857.